The van der Waals surface area contributed by atoms with Crippen LogP contribution in [0.4, 0.5) is 0 Å². The molecule has 18 rings (SSSR count). The van der Waals surface area contributed by atoms with Crippen LogP contribution in [0, 0.1) is 0 Å². The molecule has 1 N–H and O–H groups in total. The number of benzene rings is 14. The number of aromatic amines is 1. The van der Waals surface area contributed by atoms with Crippen LogP contribution in [-0.4, -0.2) is 39.3 Å². The standard InChI is InChI=1S/2C27H23Cl2N2.C15H12Cl2N2.2C12H11Br.C3H2Cl2N2.2BrH/c2*28-26-27(29)31(16-14-21-10-12-23-6-2-4-8-25(23)18-21)19-30(26)15-13-20-9-11-22-5-1-3-7-24(22)17-20;16-14-15(17)19(10-18-14)8-7-11-5-6-12-3-1-2-4-13(12)9-11;2*13-8-7-10-5-6-11-3-1-2-4-12(11)9-10;4-2-3(5)7-1-6-2;;/h2*1-12,17-19H,13-16H2;1-6,9-10H,7-8H2;2*1-6,9H,7-8H2;1H,(H,6,7);2*1H/q2*+1;;;;;;/p-2. The number of H-pyrrole nitrogens is 1. The number of hydrogen-bond donors (Lipinski definition) is 1. The molecule has 4 aromatic heterocycles. The van der Waals surface area contributed by atoms with Crippen molar-refractivity contribution in [2.75, 3.05) is 10.7 Å². The molecule has 0 spiro atoms. The first kappa shape index (κ1) is 88.8. The Morgan fingerprint density at radius 3 is 0.750 bits per heavy atom. The van der Waals surface area contributed by atoms with Gasteiger partial charge in [0.1, 0.15) is 10.3 Å². The zero-order valence-electron chi connectivity index (χ0n) is 63.2. The summed E-state index contributed by atoms with van der Waals surface area (Å²) < 4.78 is 10.0. The van der Waals surface area contributed by atoms with Gasteiger partial charge in [-0.25, -0.2) is 28.2 Å². The number of halogens is 12. The lowest BCUT2D eigenvalue weighted by molar-refractivity contribution is -0.694. The molecule has 0 bridgehead atoms. The first-order chi connectivity index (χ1) is 55.7. The first-order valence-electron chi connectivity index (χ1n) is 37.7. The molecule has 20 heteroatoms. The summed E-state index contributed by atoms with van der Waals surface area (Å²) in [4.78, 5) is 10.2. The SMILES string of the molecule is BrCCc1ccc2ccccc2c1.BrCCc1ccc2ccccc2c1.Clc1c(Cl)[n+](CCc2ccc3ccccc3c2)cn1CCc1ccc2ccccc2c1.Clc1c(Cl)[n+](CCc2ccc3ccccc3c2)cn1CCc1ccc2ccccc2c1.Clc1nc[nH]c1Cl.Clc1ncn(CCc2ccc3ccccc3c2)c1Cl.[Br-].[Br-]. The Morgan fingerprint density at radius 1 is 0.276 bits per heavy atom. The average Bonchev–Trinajstić information content (AvgIpc) is 1.70. The van der Waals surface area contributed by atoms with Crippen LogP contribution in [0.25, 0.3) is 75.4 Å². The van der Waals surface area contributed by atoms with E-state index < -0.39 is 0 Å². The van der Waals surface area contributed by atoms with Gasteiger partial charge in [0, 0.05) is 42.9 Å². The van der Waals surface area contributed by atoms with Gasteiger partial charge in [0.25, 0.3) is 20.6 Å². The number of nitrogens with one attached hydrogen (secondary N) is 1. The normalized spacial score (nSPS) is 10.8. The Hall–Kier alpha value is -8.02. The Bertz CT molecular complexity index is 5730. The molecule has 0 aliphatic heterocycles. The van der Waals surface area contributed by atoms with Gasteiger partial charge in [-0.15, -0.1) is 0 Å². The Balaban J connectivity index is 0.000000144. The fourth-order valence-electron chi connectivity index (χ4n) is 13.6. The van der Waals surface area contributed by atoms with Crippen molar-refractivity contribution in [1.82, 2.24) is 28.7 Å². The van der Waals surface area contributed by atoms with Crippen molar-refractivity contribution in [3.05, 3.63) is 403 Å². The summed E-state index contributed by atoms with van der Waals surface area (Å²) in [5.74, 6) is 0. The summed E-state index contributed by atoms with van der Waals surface area (Å²) in [5.41, 5.74) is 9.25. The maximum absolute atomic E-state index is 6.55. The summed E-state index contributed by atoms with van der Waals surface area (Å²) in [6.07, 6.45) is 13.9. The number of imidazole rings is 4. The number of hydrogen-bond acceptors (Lipinski definition) is 2. The van der Waals surface area contributed by atoms with Crippen LogP contribution in [0.2, 0.25) is 41.2 Å². The number of fused-ring (bicyclic) bond motifs is 7. The van der Waals surface area contributed by atoms with Crippen LogP contribution in [0.1, 0.15) is 38.9 Å². The number of aromatic nitrogens is 8. The molecule has 0 atom stereocenters. The van der Waals surface area contributed by atoms with Gasteiger partial charge in [-0.2, -0.15) is 0 Å². The molecule has 0 amide bonds. The smallest absolute Gasteiger partial charge is 0.255 e. The lowest BCUT2D eigenvalue weighted by Crippen LogP contribution is -3.00. The van der Waals surface area contributed by atoms with Crippen LogP contribution in [0.5, 0.6) is 0 Å². The highest BCUT2D eigenvalue weighted by molar-refractivity contribution is 9.09. The van der Waals surface area contributed by atoms with E-state index in [1.807, 2.05) is 35.5 Å². The molecule has 0 fully saturated rings. The minimum atomic E-state index is 0. The maximum Gasteiger partial charge on any atom is 0.255 e. The summed E-state index contributed by atoms with van der Waals surface area (Å²) >= 11 is 55.7. The third-order valence-electron chi connectivity index (χ3n) is 19.9. The van der Waals surface area contributed by atoms with E-state index in [1.165, 1.54) is 121 Å². The largest absolute Gasteiger partial charge is 1.00 e. The van der Waals surface area contributed by atoms with Crippen LogP contribution in [0.15, 0.2) is 323 Å². The minimum Gasteiger partial charge on any atom is -1.00 e. The molecule has 0 radical (unpaired) electrons. The second-order valence-electron chi connectivity index (χ2n) is 27.6. The monoisotopic (exact) mass is 1940 g/mol. The minimum absolute atomic E-state index is 0. The van der Waals surface area contributed by atoms with Crippen molar-refractivity contribution in [3.63, 3.8) is 0 Å². The molecule has 590 valence electrons. The van der Waals surface area contributed by atoms with Gasteiger partial charge in [0.05, 0.1) is 38.8 Å². The van der Waals surface area contributed by atoms with Gasteiger partial charge >= 0.3 is 0 Å². The maximum atomic E-state index is 6.55. The quantitative estimate of drug-likeness (QED) is 0.0648. The van der Waals surface area contributed by atoms with E-state index in [4.69, 9.17) is 92.8 Å². The highest BCUT2D eigenvalue weighted by Crippen LogP contribution is 2.28. The van der Waals surface area contributed by atoms with E-state index in [0.717, 1.165) is 88.3 Å². The summed E-state index contributed by atoms with van der Waals surface area (Å²) in [7, 11) is 0. The van der Waals surface area contributed by atoms with Gasteiger partial charge in [-0.3, -0.25) is 0 Å². The lowest BCUT2D eigenvalue weighted by atomic mass is 10.1. The second-order valence-corrected chi connectivity index (χ2v) is 32.1. The van der Waals surface area contributed by atoms with Crippen molar-refractivity contribution in [2.45, 2.75) is 77.7 Å². The number of nitrogens with zero attached hydrogens (tertiary/aromatic N) is 7. The summed E-state index contributed by atoms with van der Waals surface area (Å²) in [6, 6.07) is 105. The van der Waals surface area contributed by atoms with Crippen molar-refractivity contribution in [1.29, 1.82) is 0 Å². The lowest BCUT2D eigenvalue weighted by Gasteiger charge is -2.06. The van der Waals surface area contributed by atoms with Gasteiger partial charge in [0.2, 0.25) is 12.7 Å². The molecule has 116 heavy (non-hydrogen) atoms. The molecule has 4 heterocycles. The zero-order chi connectivity index (χ0) is 79.1. The van der Waals surface area contributed by atoms with Crippen LogP contribution < -0.4 is 43.1 Å². The van der Waals surface area contributed by atoms with Gasteiger partial charge in [0.15, 0.2) is 10.3 Å². The molecule has 0 aliphatic carbocycles. The fraction of sp³-hybridized carbons (Fsp3) is 0.146. The van der Waals surface area contributed by atoms with E-state index in [2.05, 4.69) is 344 Å². The van der Waals surface area contributed by atoms with E-state index in [0.29, 0.717) is 41.2 Å². The molecule has 0 unspecified atom stereocenters. The van der Waals surface area contributed by atoms with E-state index in [-0.39, 0.29) is 34.0 Å². The van der Waals surface area contributed by atoms with Crippen molar-refractivity contribution < 1.29 is 43.1 Å². The average molecular weight is 1950 g/mol. The zero-order valence-corrected chi connectivity index (χ0v) is 75.6. The fourth-order valence-corrected chi connectivity index (χ4v) is 16.0. The highest BCUT2D eigenvalue weighted by atomic mass is 79.9. The third-order valence-corrected chi connectivity index (χ3v) is 23.9. The Kier molecular flexibility index (Phi) is 34.2. The molecular weight excluding hydrogens is 1870 g/mol. The highest BCUT2D eigenvalue weighted by Gasteiger charge is 2.22. The number of rotatable bonds is 19. The predicted molar refractivity (Wildman–Crippen MR) is 491 cm³/mol. The predicted octanol–water partition coefficient (Wildman–Crippen LogP) is 21.6. The van der Waals surface area contributed by atoms with E-state index >= 15 is 0 Å². The Morgan fingerprint density at radius 2 is 0.526 bits per heavy atom. The number of alkyl halides is 2. The number of aryl methyl sites for hydroxylation is 12. The molecular formula is C96H82Br4Cl8N8. The first-order valence-corrected chi connectivity index (χ1v) is 43.0. The molecule has 8 nitrogen and oxygen atoms in total. The van der Waals surface area contributed by atoms with E-state index in [1.54, 1.807) is 6.33 Å². The van der Waals surface area contributed by atoms with Gasteiger partial charge in [-0.1, -0.05) is 376 Å². The van der Waals surface area contributed by atoms with Crippen LogP contribution in [0.3, 0.4) is 0 Å². The topological polar surface area (TPSA) is 64.1 Å². The molecule has 14 aromatic carbocycles. The van der Waals surface area contributed by atoms with Crippen molar-refractivity contribution >= 4 is 200 Å². The molecule has 0 saturated carbocycles. The summed E-state index contributed by atoms with van der Waals surface area (Å²) in [5, 5.41) is 24.0. The second kappa shape index (κ2) is 44.7. The molecule has 0 saturated heterocycles. The Labute approximate surface area is 755 Å². The van der Waals surface area contributed by atoms with Crippen molar-refractivity contribution in [3.8, 4) is 0 Å². The molecule has 18 aromatic rings. The molecule has 0 aliphatic rings. The summed E-state index contributed by atoms with van der Waals surface area (Å²) in [6.45, 7) is 3.94. The van der Waals surface area contributed by atoms with E-state index in [9.17, 15) is 0 Å². The van der Waals surface area contributed by atoms with Gasteiger partial charge in [-0.05, 0) is 180 Å². The van der Waals surface area contributed by atoms with Crippen LogP contribution in [-0.2, 0) is 77.7 Å². The third kappa shape index (κ3) is 24.6. The van der Waals surface area contributed by atoms with Crippen LogP contribution >= 0.6 is 125 Å². The van der Waals surface area contributed by atoms with Crippen molar-refractivity contribution in [2.24, 2.45) is 0 Å². The van der Waals surface area contributed by atoms with Gasteiger partial charge < -0.3 is 43.5 Å².